The molecular formula is C35H35N3O7S. The first-order valence-corrected chi connectivity index (χ1v) is 15.2. The number of hydrogen-bond acceptors (Lipinski definition) is 8. The fourth-order valence-electron chi connectivity index (χ4n) is 4.36. The molecule has 0 fully saturated rings. The van der Waals surface area contributed by atoms with E-state index in [2.05, 4.69) is 16.0 Å². The summed E-state index contributed by atoms with van der Waals surface area (Å²) in [6.07, 6.45) is 2.01. The van der Waals surface area contributed by atoms with Gasteiger partial charge in [0.05, 0.1) is 32.3 Å². The minimum Gasteiger partial charge on any atom is -0.508 e. The van der Waals surface area contributed by atoms with E-state index in [4.69, 9.17) is 14.2 Å². The molecule has 1 unspecified atom stereocenters. The molecule has 0 heterocycles. The van der Waals surface area contributed by atoms with Gasteiger partial charge in [0.25, 0.3) is 11.8 Å². The van der Waals surface area contributed by atoms with Crippen LogP contribution in [0.3, 0.4) is 0 Å². The minimum atomic E-state index is -0.585. The number of phenols is 1. The van der Waals surface area contributed by atoms with Gasteiger partial charge in [-0.25, -0.2) is 0 Å². The fraction of sp³-hybridized carbons (Fsp3) is 0.171. The Balaban J connectivity index is 1.53. The summed E-state index contributed by atoms with van der Waals surface area (Å²) in [5.74, 6) is 0.119. The molecule has 0 spiro atoms. The maximum atomic E-state index is 13.6. The largest absolute Gasteiger partial charge is 0.508 e. The molecule has 4 aromatic rings. The zero-order chi connectivity index (χ0) is 33.1. The molecule has 0 aromatic heterocycles. The van der Waals surface area contributed by atoms with E-state index in [1.165, 1.54) is 44.2 Å². The molecule has 11 heteroatoms. The van der Waals surface area contributed by atoms with Crippen molar-refractivity contribution in [2.24, 2.45) is 0 Å². The molecule has 4 N–H and O–H groups in total. The third kappa shape index (κ3) is 8.82. The molecule has 46 heavy (non-hydrogen) atoms. The van der Waals surface area contributed by atoms with Gasteiger partial charge >= 0.3 is 0 Å². The van der Waals surface area contributed by atoms with Crippen molar-refractivity contribution in [3.8, 4) is 23.0 Å². The van der Waals surface area contributed by atoms with Gasteiger partial charge in [-0.15, -0.1) is 11.8 Å². The maximum absolute atomic E-state index is 13.6. The number of ether oxygens (including phenoxy) is 3. The lowest BCUT2D eigenvalue weighted by atomic mass is 10.1. The van der Waals surface area contributed by atoms with Crippen molar-refractivity contribution >= 4 is 46.9 Å². The van der Waals surface area contributed by atoms with E-state index < -0.39 is 17.1 Å². The van der Waals surface area contributed by atoms with Gasteiger partial charge in [0.1, 0.15) is 28.7 Å². The molecule has 0 aliphatic heterocycles. The molecule has 0 saturated carbocycles. The maximum Gasteiger partial charge on any atom is 0.272 e. The lowest BCUT2D eigenvalue weighted by molar-refractivity contribution is -0.116. The number of benzene rings is 4. The highest BCUT2D eigenvalue weighted by molar-refractivity contribution is 8.00. The zero-order valence-corrected chi connectivity index (χ0v) is 26.6. The number of carbonyl (C=O) groups is 3. The van der Waals surface area contributed by atoms with Crippen molar-refractivity contribution in [1.29, 1.82) is 0 Å². The Morgan fingerprint density at radius 3 is 2.28 bits per heavy atom. The summed E-state index contributed by atoms with van der Waals surface area (Å²) in [7, 11) is 4.51. The average molecular weight is 642 g/mol. The molecular weight excluding hydrogens is 606 g/mol. The molecule has 0 radical (unpaired) electrons. The average Bonchev–Trinajstić information content (AvgIpc) is 3.08. The number of thioether (sulfide) groups is 1. The van der Waals surface area contributed by atoms with E-state index in [-0.39, 0.29) is 17.4 Å². The quantitative estimate of drug-likeness (QED) is 0.0982. The minimum absolute atomic E-state index is 0.00941. The Labute approximate surface area is 271 Å². The second-order valence-corrected chi connectivity index (χ2v) is 11.1. The summed E-state index contributed by atoms with van der Waals surface area (Å²) in [5.41, 5.74) is 1.77. The lowest BCUT2D eigenvalue weighted by Gasteiger charge is -2.17. The van der Waals surface area contributed by atoms with E-state index in [9.17, 15) is 19.5 Å². The van der Waals surface area contributed by atoms with Crippen LogP contribution in [-0.4, -0.2) is 49.4 Å². The van der Waals surface area contributed by atoms with Crippen LogP contribution in [-0.2, 0) is 9.59 Å². The van der Waals surface area contributed by atoms with Crippen LogP contribution in [0.5, 0.6) is 23.0 Å². The van der Waals surface area contributed by atoms with Crippen LogP contribution < -0.4 is 30.2 Å². The Hall–Kier alpha value is -5.42. The van der Waals surface area contributed by atoms with Gasteiger partial charge in [-0.05, 0) is 67.1 Å². The molecule has 10 nitrogen and oxygen atoms in total. The number of rotatable bonds is 13. The molecule has 238 valence electrons. The lowest BCUT2D eigenvalue weighted by Crippen LogP contribution is -2.30. The van der Waals surface area contributed by atoms with Crippen LogP contribution in [0.4, 0.5) is 11.4 Å². The Morgan fingerprint density at radius 2 is 1.59 bits per heavy atom. The first kappa shape index (κ1) is 33.5. The molecule has 0 aliphatic rings. The third-order valence-electron chi connectivity index (χ3n) is 6.75. The number of phenolic OH excluding ortho intramolecular Hbond substituents is 1. The van der Waals surface area contributed by atoms with E-state index in [0.717, 1.165) is 4.90 Å². The van der Waals surface area contributed by atoms with Gasteiger partial charge in [-0.1, -0.05) is 31.2 Å². The van der Waals surface area contributed by atoms with Crippen molar-refractivity contribution in [3.63, 3.8) is 0 Å². The van der Waals surface area contributed by atoms with Crippen molar-refractivity contribution in [2.75, 3.05) is 32.0 Å². The molecule has 1 atom stereocenters. The standard InChI is InChI=1S/C35H35N3O7S/c1-5-32(35(42)37-28-17-16-26(43-2)21-31(28)45-4)46-27-13-9-12-24(19-27)36-34(41)29(38-33(40)22-10-7-6-8-11-22)18-23-14-15-25(39)20-30(23)44-3/h6-21,32,39H,5H2,1-4H3,(H,36,41)(H,37,42)(H,38,40)/b29-18+. The monoisotopic (exact) mass is 641 g/mol. The van der Waals surface area contributed by atoms with Gasteiger partial charge in [0, 0.05) is 33.8 Å². The molecule has 0 saturated heterocycles. The highest BCUT2D eigenvalue weighted by Crippen LogP contribution is 2.32. The smallest absolute Gasteiger partial charge is 0.272 e. The number of aromatic hydroxyl groups is 1. The summed E-state index contributed by atoms with van der Waals surface area (Å²) in [6.45, 7) is 1.91. The first-order chi connectivity index (χ1) is 22.2. The van der Waals surface area contributed by atoms with Crippen LogP contribution in [0.2, 0.25) is 0 Å². The SMILES string of the molecule is CCC(Sc1cccc(NC(=O)/C(=C\c2ccc(O)cc2OC)NC(=O)c2ccccc2)c1)C(=O)Nc1ccc(OC)cc1OC. The van der Waals surface area contributed by atoms with Gasteiger partial charge in [0.2, 0.25) is 5.91 Å². The number of nitrogens with one attached hydrogen (secondary N) is 3. The number of carbonyl (C=O) groups excluding carboxylic acids is 3. The second kappa shape index (κ2) is 16.1. The van der Waals surface area contributed by atoms with E-state index in [1.54, 1.807) is 79.9 Å². The summed E-state index contributed by atoms with van der Waals surface area (Å²) >= 11 is 1.35. The number of hydrogen-bond donors (Lipinski definition) is 4. The van der Waals surface area contributed by atoms with Gasteiger partial charge < -0.3 is 35.3 Å². The van der Waals surface area contributed by atoms with Crippen molar-refractivity contribution in [3.05, 3.63) is 108 Å². The van der Waals surface area contributed by atoms with Crippen LogP contribution in [0.1, 0.15) is 29.3 Å². The number of anilines is 2. The highest BCUT2D eigenvalue weighted by Gasteiger charge is 2.21. The van der Waals surface area contributed by atoms with E-state index >= 15 is 0 Å². The summed E-state index contributed by atoms with van der Waals surface area (Å²) < 4.78 is 16.0. The van der Waals surface area contributed by atoms with Crippen LogP contribution in [0.15, 0.2) is 102 Å². The van der Waals surface area contributed by atoms with E-state index in [1.807, 2.05) is 13.0 Å². The molecule has 0 bridgehead atoms. The van der Waals surface area contributed by atoms with Crippen molar-refractivity contribution in [1.82, 2.24) is 5.32 Å². The van der Waals surface area contributed by atoms with Crippen LogP contribution in [0, 0.1) is 0 Å². The number of methoxy groups -OCH3 is 3. The molecule has 3 amide bonds. The molecule has 0 aliphatic carbocycles. The summed E-state index contributed by atoms with van der Waals surface area (Å²) in [5, 5.41) is 17.9. The van der Waals surface area contributed by atoms with Crippen LogP contribution in [0.25, 0.3) is 6.08 Å². The van der Waals surface area contributed by atoms with Gasteiger partial charge in [0.15, 0.2) is 0 Å². The number of amides is 3. The van der Waals surface area contributed by atoms with Gasteiger partial charge in [-0.3, -0.25) is 14.4 Å². The Morgan fingerprint density at radius 1 is 0.826 bits per heavy atom. The molecule has 4 rings (SSSR count). The normalized spacial score (nSPS) is 11.6. The summed E-state index contributed by atoms with van der Waals surface area (Å²) in [6, 6.07) is 25.2. The Kier molecular flexibility index (Phi) is 11.7. The topological polar surface area (TPSA) is 135 Å². The molecule has 4 aromatic carbocycles. The third-order valence-corrected chi connectivity index (χ3v) is 8.10. The predicted octanol–water partition coefficient (Wildman–Crippen LogP) is 6.34. The summed E-state index contributed by atoms with van der Waals surface area (Å²) in [4.78, 5) is 40.6. The van der Waals surface area contributed by atoms with Gasteiger partial charge in [-0.2, -0.15) is 0 Å². The highest BCUT2D eigenvalue weighted by atomic mass is 32.2. The Bertz CT molecular complexity index is 1730. The first-order valence-electron chi connectivity index (χ1n) is 14.3. The zero-order valence-electron chi connectivity index (χ0n) is 25.8. The van der Waals surface area contributed by atoms with Crippen molar-refractivity contribution < 1.29 is 33.7 Å². The fourth-order valence-corrected chi connectivity index (χ4v) is 5.38. The van der Waals surface area contributed by atoms with E-state index in [0.29, 0.717) is 46.2 Å². The van der Waals surface area contributed by atoms with Crippen molar-refractivity contribution in [2.45, 2.75) is 23.5 Å². The second-order valence-electron chi connectivity index (χ2n) is 9.86. The van der Waals surface area contributed by atoms with Crippen LogP contribution >= 0.6 is 11.8 Å². The predicted molar refractivity (Wildman–Crippen MR) is 180 cm³/mol.